The minimum absolute atomic E-state index is 0.0336. The Balaban J connectivity index is 1.28. The Morgan fingerprint density at radius 2 is 1.50 bits per heavy atom. The van der Waals surface area contributed by atoms with Crippen LogP contribution in [0, 0.1) is 0 Å². The van der Waals surface area contributed by atoms with Crippen molar-refractivity contribution in [2.75, 3.05) is 18.9 Å². The molecule has 0 amide bonds. The normalized spacial score (nSPS) is 39.3. The summed E-state index contributed by atoms with van der Waals surface area (Å²) < 4.78 is 92.5. The van der Waals surface area contributed by atoms with Gasteiger partial charge in [-0.15, -0.1) is 0 Å². The highest BCUT2D eigenvalue weighted by atomic mass is 32.7. The molecule has 17 nitrogen and oxygen atoms in total. The molecule has 3 aromatic rings. The lowest BCUT2D eigenvalue weighted by molar-refractivity contribution is -0.0558. The second-order valence-electron chi connectivity index (χ2n) is 9.29. The quantitative estimate of drug-likeness (QED) is 0.224. The maximum atomic E-state index is 15.9. The van der Waals surface area contributed by atoms with Gasteiger partial charge in [0, 0.05) is 12.3 Å². The number of ether oxygens (including phenoxy) is 2. The molecule has 6 heterocycles. The van der Waals surface area contributed by atoms with E-state index in [9.17, 15) is 18.7 Å². The molecule has 0 radical (unpaired) electrons. The van der Waals surface area contributed by atoms with E-state index >= 15 is 8.78 Å². The number of imidazole rings is 1. The first kappa shape index (κ1) is 29.9. The summed E-state index contributed by atoms with van der Waals surface area (Å²) in [6.45, 7) is -10.3. The number of fused-ring (bicyclic) bond motifs is 3. The molecule has 228 valence electrons. The average molecular weight is 671 g/mol. The highest BCUT2D eigenvalue weighted by Crippen LogP contribution is 2.60. The molecule has 3 aliphatic heterocycles. The average Bonchev–Trinajstić information content (AvgIpc) is 3.57. The van der Waals surface area contributed by atoms with E-state index in [0.29, 0.717) is 0 Å². The maximum absolute atomic E-state index is 15.9. The van der Waals surface area contributed by atoms with Crippen LogP contribution in [0.3, 0.4) is 0 Å². The maximum Gasteiger partial charge on any atom is 0.386 e. The number of anilines is 1. The van der Waals surface area contributed by atoms with E-state index in [1.165, 1.54) is 10.9 Å². The van der Waals surface area contributed by atoms with Gasteiger partial charge in [0.1, 0.15) is 36.3 Å². The van der Waals surface area contributed by atoms with E-state index in [1.54, 1.807) is 0 Å². The summed E-state index contributed by atoms with van der Waals surface area (Å²) in [4.78, 5) is 37.6. The van der Waals surface area contributed by atoms with Gasteiger partial charge in [0.15, 0.2) is 36.3 Å². The molecule has 0 saturated carbocycles. The molecule has 10 atom stereocenters. The zero-order valence-corrected chi connectivity index (χ0v) is 24.4. The van der Waals surface area contributed by atoms with Crippen molar-refractivity contribution >= 4 is 55.1 Å². The van der Waals surface area contributed by atoms with Crippen LogP contribution in [0.5, 0.6) is 0 Å². The zero-order chi connectivity index (χ0) is 30.0. The number of aromatic amines is 1. The van der Waals surface area contributed by atoms with Gasteiger partial charge in [-0.05, 0) is 0 Å². The van der Waals surface area contributed by atoms with Crippen molar-refractivity contribution in [3.63, 3.8) is 0 Å². The molecule has 0 bridgehead atoms. The Morgan fingerprint density at radius 1 is 0.929 bits per heavy atom. The summed E-state index contributed by atoms with van der Waals surface area (Å²) in [6, 6.07) is 0.954. The SMILES string of the molecule is Nc1ncnc2c1ncn2[C@@H]1O[C@@H]2COP(=O)(S)O[C@@H]3C(F)[C@H](n4ccc(=O)[nH]c4=O)O[C@@H]3COP(=O)(S)O[C@@H]2C1F. The van der Waals surface area contributed by atoms with Crippen LogP contribution in [0.15, 0.2) is 34.5 Å². The molecule has 6 rings (SSSR count). The number of nitrogens with two attached hydrogens (primary N) is 1. The van der Waals surface area contributed by atoms with Gasteiger partial charge in [-0.2, -0.15) is 0 Å². The largest absolute Gasteiger partial charge is 0.386 e. The smallest absolute Gasteiger partial charge is 0.382 e. The fraction of sp³-hybridized carbons (Fsp3) is 0.526. The number of aromatic nitrogens is 6. The van der Waals surface area contributed by atoms with Crippen LogP contribution in [0.2, 0.25) is 0 Å². The second kappa shape index (κ2) is 11.1. The Hall–Kier alpha value is -2.19. The molecule has 0 spiro atoms. The van der Waals surface area contributed by atoms with Crippen LogP contribution < -0.4 is 17.0 Å². The van der Waals surface area contributed by atoms with Crippen LogP contribution in [0.25, 0.3) is 11.2 Å². The number of nitrogens with zero attached hydrogens (tertiary/aromatic N) is 5. The monoisotopic (exact) mass is 671 g/mol. The van der Waals surface area contributed by atoms with Crippen LogP contribution in [0.1, 0.15) is 12.5 Å². The minimum Gasteiger partial charge on any atom is -0.382 e. The topological polar surface area (TPSA) is 214 Å². The Kier molecular flexibility index (Phi) is 7.87. The predicted molar refractivity (Wildman–Crippen MR) is 144 cm³/mol. The van der Waals surface area contributed by atoms with Gasteiger partial charge in [0.05, 0.1) is 19.5 Å². The van der Waals surface area contributed by atoms with Crippen LogP contribution in [0.4, 0.5) is 14.6 Å². The van der Waals surface area contributed by atoms with Crippen LogP contribution >= 0.6 is 38.1 Å². The molecule has 23 heteroatoms. The van der Waals surface area contributed by atoms with Crippen molar-refractivity contribution in [2.24, 2.45) is 0 Å². The second-order valence-corrected chi connectivity index (χ2v) is 15.0. The number of halogens is 2. The number of alkyl halides is 2. The first-order valence-electron chi connectivity index (χ1n) is 12.0. The summed E-state index contributed by atoms with van der Waals surface area (Å²) in [5.74, 6) is 0.0336. The number of H-pyrrole nitrogens is 1. The van der Waals surface area contributed by atoms with Crippen molar-refractivity contribution < 1.29 is 45.5 Å². The van der Waals surface area contributed by atoms with Gasteiger partial charge >= 0.3 is 19.3 Å². The lowest BCUT2D eigenvalue weighted by Crippen LogP contribution is -2.37. The van der Waals surface area contributed by atoms with Gasteiger partial charge < -0.3 is 15.2 Å². The van der Waals surface area contributed by atoms with E-state index < -0.39 is 87.3 Å². The van der Waals surface area contributed by atoms with Gasteiger partial charge in [-0.3, -0.25) is 37.0 Å². The van der Waals surface area contributed by atoms with Gasteiger partial charge in [0.2, 0.25) is 0 Å². The Bertz CT molecular complexity index is 1730. The first-order chi connectivity index (χ1) is 19.8. The molecular formula is C19H21F2N7O10P2S2. The number of rotatable bonds is 2. The Labute approximate surface area is 243 Å². The summed E-state index contributed by atoms with van der Waals surface area (Å²) in [6.07, 6.45) is -10.3. The van der Waals surface area contributed by atoms with E-state index in [1.807, 2.05) is 4.98 Å². The van der Waals surface area contributed by atoms with Crippen LogP contribution in [-0.4, -0.2) is 79.0 Å². The molecule has 3 fully saturated rings. The number of thiol groups is 2. The van der Waals surface area contributed by atoms with E-state index in [2.05, 4.69) is 39.4 Å². The summed E-state index contributed by atoms with van der Waals surface area (Å²) in [5.41, 5.74) is 4.35. The van der Waals surface area contributed by atoms with Crippen molar-refractivity contribution in [3.05, 3.63) is 45.8 Å². The lowest BCUT2D eigenvalue weighted by atomic mass is 10.1. The predicted octanol–water partition coefficient (Wildman–Crippen LogP) is 1.32. The molecule has 0 aromatic carbocycles. The molecule has 3 aliphatic rings. The van der Waals surface area contributed by atoms with Crippen molar-refractivity contribution in [2.45, 2.75) is 49.2 Å². The summed E-state index contributed by atoms with van der Waals surface area (Å²) in [7, 11) is 0. The molecular weight excluding hydrogens is 650 g/mol. The van der Waals surface area contributed by atoms with Gasteiger partial charge in [0.25, 0.3) is 5.56 Å². The number of nitrogen functional groups attached to an aromatic ring is 1. The molecule has 4 unspecified atom stereocenters. The summed E-state index contributed by atoms with van der Waals surface area (Å²) in [5, 5.41) is 0. The first-order valence-corrected chi connectivity index (χ1v) is 17.4. The highest BCUT2D eigenvalue weighted by molar-refractivity contribution is 8.44. The molecule has 3 N–H and O–H groups in total. The molecule has 3 aromatic heterocycles. The lowest BCUT2D eigenvalue weighted by Gasteiger charge is -2.28. The van der Waals surface area contributed by atoms with E-state index in [-0.39, 0.29) is 17.0 Å². The fourth-order valence-electron chi connectivity index (χ4n) is 4.74. The van der Waals surface area contributed by atoms with Crippen molar-refractivity contribution in [1.82, 2.24) is 29.1 Å². The third kappa shape index (κ3) is 5.58. The Morgan fingerprint density at radius 3 is 2.07 bits per heavy atom. The standard InChI is InChI=1S/C19H21F2N7O10P2S2/c20-10-13-7(35-17(10)27-2-1-9(29)26-19(27)30)3-33-40(32,42)38-14-8(4-34-39(31,41)37-13)36-18(11(14)21)28-6-25-12-15(22)23-5-24-16(12)28/h1-2,5-8,10-11,13-14,17-18H,3-4H2,(H,31,41)(H,32,42)(H2,22,23,24)(H,26,29,30)/t7-,8-,10?,11?,13+,14+,17-,18-,39?,40?/m1/s1. The van der Waals surface area contributed by atoms with E-state index in [4.69, 9.17) is 33.3 Å². The zero-order valence-electron chi connectivity index (χ0n) is 20.8. The number of hydrogen-bond acceptors (Lipinski definition) is 14. The van der Waals surface area contributed by atoms with Gasteiger partial charge in [-0.25, -0.2) is 37.7 Å². The van der Waals surface area contributed by atoms with Crippen molar-refractivity contribution in [1.29, 1.82) is 0 Å². The third-order valence-corrected chi connectivity index (χ3v) is 9.86. The number of nitrogens with one attached hydrogen (secondary N) is 1. The minimum atomic E-state index is -4.44. The third-order valence-electron chi connectivity index (χ3n) is 6.63. The van der Waals surface area contributed by atoms with Crippen LogP contribution in [-0.2, 0) is 36.7 Å². The molecule has 3 saturated heterocycles. The van der Waals surface area contributed by atoms with Gasteiger partial charge in [-0.1, -0.05) is 24.5 Å². The van der Waals surface area contributed by atoms with E-state index in [0.717, 1.165) is 23.2 Å². The molecule has 42 heavy (non-hydrogen) atoms. The fourth-order valence-corrected chi connectivity index (χ4v) is 7.71. The highest BCUT2D eigenvalue weighted by Gasteiger charge is 2.54. The number of hydrogen-bond donors (Lipinski definition) is 4. The van der Waals surface area contributed by atoms with Crippen molar-refractivity contribution in [3.8, 4) is 0 Å². The summed E-state index contributed by atoms with van der Waals surface area (Å²) >= 11 is 7.83. The molecule has 0 aliphatic carbocycles.